The second-order valence-corrected chi connectivity index (χ2v) is 5.80. The SMILES string of the molecule is CCc1nc(C)ccc1OC(C)CNC(C)(C)CC. The van der Waals surface area contributed by atoms with Crippen molar-refractivity contribution in [3.8, 4) is 5.75 Å². The van der Waals surface area contributed by atoms with E-state index in [1.807, 2.05) is 19.1 Å². The minimum absolute atomic E-state index is 0.139. The third-order valence-electron chi connectivity index (χ3n) is 3.49. The van der Waals surface area contributed by atoms with Crippen molar-refractivity contribution in [2.75, 3.05) is 6.54 Å². The van der Waals surface area contributed by atoms with Gasteiger partial charge in [-0.2, -0.15) is 0 Å². The van der Waals surface area contributed by atoms with Gasteiger partial charge in [0.1, 0.15) is 11.9 Å². The Morgan fingerprint density at radius 2 is 2.00 bits per heavy atom. The molecule has 0 saturated heterocycles. The fourth-order valence-electron chi connectivity index (χ4n) is 1.76. The molecule has 0 fully saturated rings. The highest BCUT2D eigenvalue weighted by atomic mass is 16.5. The molecule has 0 bridgehead atoms. The molecule has 0 saturated carbocycles. The zero-order valence-electron chi connectivity index (χ0n) is 13.2. The monoisotopic (exact) mass is 264 g/mol. The number of aromatic nitrogens is 1. The number of nitrogens with zero attached hydrogens (tertiary/aromatic N) is 1. The van der Waals surface area contributed by atoms with Gasteiger partial charge in [0.05, 0.1) is 5.69 Å². The first-order valence-corrected chi connectivity index (χ1v) is 7.26. The summed E-state index contributed by atoms with van der Waals surface area (Å²) in [7, 11) is 0. The Bertz CT molecular complexity index is 402. The molecule has 0 spiro atoms. The highest BCUT2D eigenvalue weighted by Crippen LogP contribution is 2.19. The molecule has 1 unspecified atom stereocenters. The second kappa shape index (κ2) is 6.90. The molecule has 3 heteroatoms. The molecule has 0 amide bonds. The lowest BCUT2D eigenvalue weighted by Gasteiger charge is -2.27. The van der Waals surface area contributed by atoms with Crippen LogP contribution in [-0.4, -0.2) is 23.2 Å². The van der Waals surface area contributed by atoms with E-state index >= 15 is 0 Å². The van der Waals surface area contributed by atoms with Crippen molar-refractivity contribution in [3.63, 3.8) is 0 Å². The fraction of sp³-hybridized carbons (Fsp3) is 0.688. The Kier molecular flexibility index (Phi) is 5.80. The molecule has 0 radical (unpaired) electrons. The topological polar surface area (TPSA) is 34.1 Å². The predicted octanol–water partition coefficient (Wildman–Crippen LogP) is 3.50. The zero-order chi connectivity index (χ0) is 14.5. The van der Waals surface area contributed by atoms with Gasteiger partial charge in [-0.1, -0.05) is 13.8 Å². The number of rotatable bonds is 7. The van der Waals surface area contributed by atoms with Gasteiger partial charge in [-0.15, -0.1) is 0 Å². The highest BCUT2D eigenvalue weighted by molar-refractivity contribution is 5.29. The van der Waals surface area contributed by atoms with E-state index in [4.69, 9.17) is 4.74 Å². The average molecular weight is 264 g/mol. The Hall–Kier alpha value is -1.09. The van der Waals surface area contributed by atoms with Crippen LogP contribution in [0.1, 0.15) is 52.4 Å². The molecule has 1 rings (SSSR count). The molecule has 108 valence electrons. The van der Waals surface area contributed by atoms with Crippen LogP contribution >= 0.6 is 0 Å². The van der Waals surface area contributed by atoms with Gasteiger partial charge < -0.3 is 10.1 Å². The number of hydrogen-bond acceptors (Lipinski definition) is 3. The van der Waals surface area contributed by atoms with Crippen LogP contribution in [-0.2, 0) is 6.42 Å². The molecule has 0 aliphatic carbocycles. The molecular weight excluding hydrogens is 236 g/mol. The van der Waals surface area contributed by atoms with Crippen molar-refractivity contribution < 1.29 is 4.74 Å². The first-order valence-electron chi connectivity index (χ1n) is 7.26. The third kappa shape index (κ3) is 5.19. The van der Waals surface area contributed by atoms with Crippen LogP contribution in [0.4, 0.5) is 0 Å². The van der Waals surface area contributed by atoms with Gasteiger partial charge in [-0.3, -0.25) is 4.98 Å². The number of pyridine rings is 1. The molecule has 1 aromatic rings. The number of ether oxygens (including phenoxy) is 1. The van der Waals surface area contributed by atoms with E-state index in [1.54, 1.807) is 0 Å². The van der Waals surface area contributed by atoms with E-state index in [0.29, 0.717) is 0 Å². The van der Waals surface area contributed by atoms with Crippen molar-refractivity contribution in [1.29, 1.82) is 0 Å². The predicted molar refractivity (Wildman–Crippen MR) is 80.8 cm³/mol. The minimum Gasteiger partial charge on any atom is -0.487 e. The van der Waals surface area contributed by atoms with E-state index in [-0.39, 0.29) is 11.6 Å². The van der Waals surface area contributed by atoms with E-state index in [2.05, 4.69) is 44.9 Å². The minimum atomic E-state index is 0.139. The van der Waals surface area contributed by atoms with Gasteiger partial charge in [-0.25, -0.2) is 0 Å². The second-order valence-electron chi connectivity index (χ2n) is 5.80. The number of hydrogen-bond donors (Lipinski definition) is 1. The summed E-state index contributed by atoms with van der Waals surface area (Å²) < 4.78 is 6.01. The fourth-order valence-corrected chi connectivity index (χ4v) is 1.76. The van der Waals surface area contributed by atoms with Crippen LogP contribution in [0.15, 0.2) is 12.1 Å². The summed E-state index contributed by atoms with van der Waals surface area (Å²) >= 11 is 0. The van der Waals surface area contributed by atoms with Gasteiger partial charge in [0, 0.05) is 17.8 Å². The van der Waals surface area contributed by atoms with Gasteiger partial charge in [-0.05, 0) is 52.7 Å². The molecular formula is C16H28N2O. The quantitative estimate of drug-likeness (QED) is 0.818. The molecule has 1 aromatic heterocycles. The van der Waals surface area contributed by atoms with E-state index in [9.17, 15) is 0 Å². The molecule has 0 aliphatic heterocycles. The smallest absolute Gasteiger partial charge is 0.141 e. The van der Waals surface area contributed by atoms with Gasteiger partial charge in [0.25, 0.3) is 0 Å². The van der Waals surface area contributed by atoms with Crippen LogP contribution in [0.3, 0.4) is 0 Å². The Balaban J connectivity index is 2.59. The zero-order valence-corrected chi connectivity index (χ0v) is 13.2. The molecule has 3 nitrogen and oxygen atoms in total. The van der Waals surface area contributed by atoms with Crippen molar-refractivity contribution in [1.82, 2.24) is 10.3 Å². The first-order chi connectivity index (χ1) is 8.88. The van der Waals surface area contributed by atoms with Crippen LogP contribution in [0.25, 0.3) is 0 Å². The summed E-state index contributed by atoms with van der Waals surface area (Å²) in [5.41, 5.74) is 2.25. The maximum absolute atomic E-state index is 6.01. The summed E-state index contributed by atoms with van der Waals surface area (Å²) in [5.74, 6) is 0.914. The summed E-state index contributed by atoms with van der Waals surface area (Å²) in [6, 6.07) is 4.03. The summed E-state index contributed by atoms with van der Waals surface area (Å²) in [5, 5.41) is 3.53. The Morgan fingerprint density at radius 1 is 1.32 bits per heavy atom. The Morgan fingerprint density at radius 3 is 2.58 bits per heavy atom. The third-order valence-corrected chi connectivity index (χ3v) is 3.49. The van der Waals surface area contributed by atoms with Crippen LogP contribution < -0.4 is 10.1 Å². The lowest BCUT2D eigenvalue weighted by Crippen LogP contribution is -2.43. The van der Waals surface area contributed by atoms with Crippen molar-refractivity contribution in [2.45, 2.75) is 66.0 Å². The highest BCUT2D eigenvalue weighted by Gasteiger charge is 2.16. The lowest BCUT2D eigenvalue weighted by molar-refractivity contribution is 0.196. The van der Waals surface area contributed by atoms with Crippen LogP contribution in [0, 0.1) is 6.92 Å². The molecule has 1 heterocycles. The number of aryl methyl sites for hydroxylation is 2. The van der Waals surface area contributed by atoms with Crippen LogP contribution in [0.5, 0.6) is 5.75 Å². The normalized spacial score (nSPS) is 13.4. The van der Waals surface area contributed by atoms with Crippen molar-refractivity contribution >= 4 is 0 Å². The largest absolute Gasteiger partial charge is 0.487 e. The van der Waals surface area contributed by atoms with Gasteiger partial charge in [0.2, 0.25) is 0 Å². The average Bonchev–Trinajstić information content (AvgIpc) is 2.38. The standard InChI is InChI=1S/C16H28N2O/c1-7-14-15(10-9-12(3)18-14)19-13(4)11-17-16(5,6)8-2/h9-10,13,17H,7-8,11H2,1-6H3. The number of nitrogens with one attached hydrogen (secondary N) is 1. The van der Waals surface area contributed by atoms with Gasteiger partial charge >= 0.3 is 0 Å². The first kappa shape index (κ1) is 16.0. The van der Waals surface area contributed by atoms with Crippen molar-refractivity contribution in [3.05, 3.63) is 23.5 Å². The summed E-state index contributed by atoms with van der Waals surface area (Å²) in [4.78, 5) is 4.52. The summed E-state index contributed by atoms with van der Waals surface area (Å²) in [6.45, 7) is 13.7. The van der Waals surface area contributed by atoms with E-state index < -0.39 is 0 Å². The molecule has 0 aromatic carbocycles. The molecule has 0 aliphatic rings. The molecule has 1 atom stereocenters. The van der Waals surface area contributed by atoms with Gasteiger partial charge in [0.15, 0.2) is 0 Å². The maximum Gasteiger partial charge on any atom is 0.141 e. The van der Waals surface area contributed by atoms with Crippen LogP contribution in [0.2, 0.25) is 0 Å². The summed E-state index contributed by atoms with van der Waals surface area (Å²) in [6.07, 6.45) is 2.14. The molecule has 1 N–H and O–H groups in total. The Labute approximate surface area is 117 Å². The lowest BCUT2D eigenvalue weighted by atomic mass is 10.0. The molecule has 19 heavy (non-hydrogen) atoms. The van der Waals surface area contributed by atoms with E-state index in [1.165, 1.54) is 0 Å². The van der Waals surface area contributed by atoms with Crippen molar-refractivity contribution in [2.24, 2.45) is 0 Å². The maximum atomic E-state index is 6.01. The van der Waals surface area contributed by atoms with E-state index in [0.717, 1.165) is 36.5 Å².